The lowest BCUT2D eigenvalue weighted by molar-refractivity contribution is -0.130. The van der Waals surface area contributed by atoms with Gasteiger partial charge in [-0.25, -0.2) is 8.42 Å². The van der Waals surface area contributed by atoms with Gasteiger partial charge >= 0.3 is 0 Å². The zero-order valence-electron chi connectivity index (χ0n) is 15.4. The molecule has 1 aromatic heterocycles. The number of fused-ring (bicyclic) bond motifs is 1. The third kappa shape index (κ3) is 4.50. The number of hydrogen-bond donors (Lipinski definition) is 1. The molecule has 1 aromatic rings. The third-order valence-corrected chi connectivity index (χ3v) is 9.44. The second-order valence-electron chi connectivity index (χ2n) is 7.65. The maximum Gasteiger partial charge on any atom is 0.252 e. The van der Waals surface area contributed by atoms with E-state index in [4.69, 9.17) is 0 Å². The summed E-state index contributed by atoms with van der Waals surface area (Å²) in [6.45, 7) is 5.03. The molecule has 0 unspecified atom stereocenters. The Bertz CT molecular complexity index is 748. The summed E-state index contributed by atoms with van der Waals surface area (Å²) < 4.78 is 27.2. The Morgan fingerprint density at radius 3 is 2.33 bits per heavy atom. The van der Waals surface area contributed by atoms with E-state index in [2.05, 4.69) is 5.32 Å². The Hall–Kier alpha value is -0.670. The molecule has 3 saturated heterocycles. The van der Waals surface area contributed by atoms with Crippen LogP contribution in [0.15, 0.2) is 16.3 Å². The first-order chi connectivity index (χ1) is 12.5. The summed E-state index contributed by atoms with van der Waals surface area (Å²) in [5.74, 6) is 1.53. The number of amides is 1. The molecule has 9 heteroatoms. The average Bonchev–Trinajstić information content (AvgIpc) is 3.35. The first-order valence-electron chi connectivity index (χ1n) is 9.61. The van der Waals surface area contributed by atoms with E-state index < -0.39 is 10.0 Å². The maximum atomic E-state index is 12.7. The van der Waals surface area contributed by atoms with E-state index in [0.717, 1.165) is 56.7 Å². The number of sulfonamides is 1. The number of carbonyl (C=O) groups excluding carboxylic acids is 1. The van der Waals surface area contributed by atoms with Crippen LogP contribution in [0.5, 0.6) is 0 Å². The highest BCUT2D eigenvalue weighted by Crippen LogP contribution is 2.29. The second-order valence-corrected chi connectivity index (χ2v) is 11.0. The zero-order chi connectivity index (χ0) is 18.1. The molecule has 1 amide bonds. The van der Waals surface area contributed by atoms with Gasteiger partial charge in [-0.2, -0.15) is 4.31 Å². The number of hydrogen-bond acceptors (Lipinski definition) is 5. The molecule has 6 nitrogen and oxygen atoms in total. The van der Waals surface area contributed by atoms with Gasteiger partial charge in [-0.1, -0.05) is 0 Å². The molecule has 3 fully saturated rings. The first-order valence-corrected chi connectivity index (χ1v) is 11.9. The van der Waals surface area contributed by atoms with Crippen molar-refractivity contribution in [2.24, 2.45) is 11.8 Å². The summed E-state index contributed by atoms with van der Waals surface area (Å²) in [5, 5.41) is 3.45. The van der Waals surface area contributed by atoms with Gasteiger partial charge in [0.1, 0.15) is 4.21 Å². The monoisotopic (exact) mass is 433 g/mol. The van der Waals surface area contributed by atoms with Crippen LogP contribution in [0.4, 0.5) is 0 Å². The lowest BCUT2D eigenvalue weighted by atomic mass is 9.92. The second kappa shape index (κ2) is 8.78. The maximum absolute atomic E-state index is 12.7. The summed E-state index contributed by atoms with van der Waals surface area (Å²) >= 11 is 1.25. The predicted octanol–water partition coefficient (Wildman–Crippen LogP) is 1.95. The fourth-order valence-electron chi connectivity index (χ4n) is 4.38. The molecule has 0 spiro atoms. The fourth-order valence-corrected chi connectivity index (χ4v) is 7.39. The summed E-state index contributed by atoms with van der Waals surface area (Å²) in [5.41, 5.74) is 0. The molecule has 2 atom stereocenters. The van der Waals surface area contributed by atoms with Crippen LogP contribution in [-0.4, -0.2) is 62.8 Å². The van der Waals surface area contributed by atoms with Gasteiger partial charge in [0.2, 0.25) is 5.91 Å². The number of nitrogens with one attached hydrogen (secondary N) is 1. The quantitative estimate of drug-likeness (QED) is 0.787. The molecule has 4 rings (SSSR count). The summed E-state index contributed by atoms with van der Waals surface area (Å²) in [4.78, 5) is 15.5. The Morgan fingerprint density at radius 2 is 1.70 bits per heavy atom. The van der Waals surface area contributed by atoms with E-state index in [1.807, 2.05) is 11.0 Å². The van der Waals surface area contributed by atoms with E-state index in [9.17, 15) is 13.2 Å². The summed E-state index contributed by atoms with van der Waals surface area (Å²) in [6, 6.07) is 3.47. The van der Waals surface area contributed by atoms with Crippen molar-refractivity contribution in [3.05, 3.63) is 17.0 Å². The topological polar surface area (TPSA) is 69.7 Å². The van der Waals surface area contributed by atoms with Gasteiger partial charge in [0.05, 0.1) is 6.42 Å². The van der Waals surface area contributed by atoms with E-state index in [1.165, 1.54) is 11.3 Å². The van der Waals surface area contributed by atoms with Crippen molar-refractivity contribution in [1.29, 1.82) is 0 Å². The largest absolute Gasteiger partial charge is 0.342 e. The molecule has 0 saturated carbocycles. The van der Waals surface area contributed by atoms with Crippen LogP contribution in [0.1, 0.15) is 30.6 Å². The SMILES string of the molecule is Cl.O=C(Cc1ccc(S(=O)(=O)N2CCCC2)s1)N1CC[C@@H]2CNC[C@@H]2CC1. The number of likely N-dealkylation sites (tertiary alicyclic amines) is 1. The van der Waals surface area contributed by atoms with Gasteiger partial charge in [0, 0.05) is 31.1 Å². The van der Waals surface area contributed by atoms with Gasteiger partial charge in [-0.15, -0.1) is 23.7 Å². The van der Waals surface area contributed by atoms with Gasteiger partial charge < -0.3 is 10.2 Å². The summed E-state index contributed by atoms with van der Waals surface area (Å²) in [7, 11) is -3.37. The standard InChI is InChI=1S/C18H27N3O3S2.ClH/c22-17(20-9-5-14-12-19-13-15(14)6-10-20)11-16-3-4-18(25-16)26(23,24)21-7-1-2-8-21;/h3-4,14-15,19H,1-2,5-13H2;1H/t14-,15+;. The van der Waals surface area contributed by atoms with Crippen molar-refractivity contribution < 1.29 is 13.2 Å². The average molecular weight is 434 g/mol. The van der Waals surface area contributed by atoms with Gasteiger partial charge in [-0.05, 0) is 62.7 Å². The van der Waals surface area contributed by atoms with Gasteiger partial charge in [0.25, 0.3) is 10.0 Å². The number of rotatable bonds is 4. The Balaban J connectivity index is 0.00000210. The number of halogens is 1. The molecule has 4 heterocycles. The Morgan fingerprint density at radius 1 is 1.07 bits per heavy atom. The van der Waals surface area contributed by atoms with Crippen molar-refractivity contribution >= 4 is 39.7 Å². The molecule has 0 bridgehead atoms. The predicted molar refractivity (Wildman–Crippen MR) is 109 cm³/mol. The van der Waals surface area contributed by atoms with Crippen LogP contribution < -0.4 is 5.32 Å². The normalized spacial score (nSPS) is 26.4. The van der Waals surface area contributed by atoms with Crippen LogP contribution in [0.25, 0.3) is 0 Å². The minimum atomic E-state index is -3.37. The molecule has 27 heavy (non-hydrogen) atoms. The molecule has 0 aliphatic carbocycles. The van der Waals surface area contributed by atoms with Crippen LogP contribution in [0.2, 0.25) is 0 Å². The molecule has 0 aromatic carbocycles. The van der Waals surface area contributed by atoms with Crippen LogP contribution in [0.3, 0.4) is 0 Å². The molecule has 3 aliphatic rings. The molecule has 152 valence electrons. The minimum Gasteiger partial charge on any atom is -0.342 e. The highest BCUT2D eigenvalue weighted by molar-refractivity contribution is 7.91. The summed E-state index contributed by atoms with van der Waals surface area (Å²) in [6.07, 6.45) is 4.32. The lowest BCUT2D eigenvalue weighted by Gasteiger charge is -2.20. The molecular formula is C18H28ClN3O3S2. The molecule has 1 N–H and O–H groups in total. The minimum absolute atomic E-state index is 0. The van der Waals surface area contributed by atoms with Gasteiger partial charge in [0.15, 0.2) is 0 Å². The zero-order valence-corrected chi connectivity index (χ0v) is 17.9. The molecular weight excluding hydrogens is 406 g/mol. The Labute approximate surface area is 171 Å². The Kier molecular flexibility index (Phi) is 6.84. The van der Waals surface area contributed by atoms with Crippen LogP contribution in [0, 0.1) is 11.8 Å². The van der Waals surface area contributed by atoms with Crippen molar-refractivity contribution in [3.63, 3.8) is 0 Å². The highest BCUT2D eigenvalue weighted by atomic mass is 35.5. The van der Waals surface area contributed by atoms with E-state index >= 15 is 0 Å². The van der Waals surface area contributed by atoms with Crippen LogP contribution in [-0.2, 0) is 21.2 Å². The third-order valence-electron chi connectivity index (χ3n) is 5.99. The first kappa shape index (κ1) is 21.0. The van der Waals surface area contributed by atoms with Crippen LogP contribution >= 0.6 is 23.7 Å². The lowest BCUT2D eigenvalue weighted by Crippen LogP contribution is -2.33. The van der Waals surface area contributed by atoms with Crippen molar-refractivity contribution in [1.82, 2.24) is 14.5 Å². The number of thiophene rings is 1. The van der Waals surface area contributed by atoms with E-state index in [1.54, 1.807) is 10.4 Å². The molecule has 0 radical (unpaired) electrons. The van der Waals surface area contributed by atoms with Crippen molar-refractivity contribution in [2.75, 3.05) is 39.3 Å². The van der Waals surface area contributed by atoms with Crippen molar-refractivity contribution in [2.45, 2.75) is 36.3 Å². The van der Waals surface area contributed by atoms with Crippen molar-refractivity contribution in [3.8, 4) is 0 Å². The number of nitrogens with zero attached hydrogens (tertiary/aromatic N) is 2. The highest BCUT2D eigenvalue weighted by Gasteiger charge is 2.32. The smallest absolute Gasteiger partial charge is 0.252 e. The molecule has 3 aliphatic heterocycles. The number of carbonyl (C=O) groups is 1. The van der Waals surface area contributed by atoms with E-state index in [0.29, 0.717) is 35.6 Å². The van der Waals surface area contributed by atoms with Gasteiger partial charge in [-0.3, -0.25) is 4.79 Å². The fraction of sp³-hybridized carbons (Fsp3) is 0.722. The van der Waals surface area contributed by atoms with E-state index in [-0.39, 0.29) is 18.3 Å².